The molecule has 3 N–H and O–H groups in total. The van der Waals surface area contributed by atoms with E-state index in [2.05, 4.69) is 15.4 Å². The molecule has 2 aromatic carbocycles. The standard InChI is InChI=1S/C22H29N3O5S/c1-15(2)30-14-19-8-6-5-7-18(19)13-23-22(27)16(3)25-31(28,29)21-11-9-20(10-12-21)24-17(4)26/h5-12,15-16,25H,13-14H2,1-4H3,(H,23,27)(H,24,26)/t16-/m0/s1. The van der Waals surface area contributed by atoms with Gasteiger partial charge in [-0.25, -0.2) is 8.42 Å². The van der Waals surface area contributed by atoms with E-state index in [4.69, 9.17) is 4.74 Å². The van der Waals surface area contributed by atoms with Crippen LogP contribution >= 0.6 is 0 Å². The maximum Gasteiger partial charge on any atom is 0.241 e. The highest BCUT2D eigenvalue weighted by molar-refractivity contribution is 7.89. The normalized spacial score (nSPS) is 12.4. The van der Waals surface area contributed by atoms with Gasteiger partial charge < -0.3 is 15.4 Å². The van der Waals surface area contributed by atoms with Crippen molar-refractivity contribution in [3.63, 3.8) is 0 Å². The molecule has 0 radical (unpaired) electrons. The molecule has 1 atom stereocenters. The molecule has 0 unspecified atom stereocenters. The number of amides is 2. The van der Waals surface area contributed by atoms with Crippen LogP contribution < -0.4 is 15.4 Å². The SMILES string of the molecule is CC(=O)Nc1ccc(S(=O)(=O)N[C@@H](C)C(=O)NCc2ccccc2COC(C)C)cc1. The van der Waals surface area contributed by atoms with E-state index in [1.807, 2.05) is 38.1 Å². The number of hydrogen-bond donors (Lipinski definition) is 3. The fourth-order valence-electron chi connectivity index (χ4n) is 2.74. The van der Waals surface area contributed by atoms with Crippen LogP contribution in [0.2, 0.25) is 0 Å². The Morgan fingerprint density at radius 2 is 1.58 bits per heavy atom. The van der Waals surface area contributed by atoms with Crippen LogP contribution in [-0.2, 0) is 37.5 Å². The van der Waals surface area contributed by atoms with Crippen molar-refractivity contribution in [3.8, 4) is 0 Å². The molecular formula is C22H29N3O5S. The molecule has 8 nitrogen and oxygen atoms in total. The first-order chi connectivity index (χ1) is 14.6. The molecule has 9 heteroatoms. The molecule has 0 bridgehead atoms. The third kappa shape index (κ3) is 7.78. The van der Waals surface area contributed by atoms with Gasteiger partial charge in [0.1, 0.15) is 0 Å². The summed E-state index contributed by atoms with van der Waals surface area (Å²) < 4.78 is 33.1. The Labute approximate surface area is 183 Å². The van der Waals surface area contributed by atoms with Gasteiger partial charge in [0.15, 0.2) is 0 Å². The summed E-state index contributed by atoms with van der Waals surface area (Å²) >= 11 is 0. The van der Waals surface area contributed by atoms with Crippen molar-refractivity contribution in [2.75, 3.05) is 5.32 Å². The third-order valence-corrected chi connectivity index (χ3v) is 5.91. The molecule has 0 saturated heterocycles. The molecule has 0 aliphatic carbocycles. The van der Waals surface area contributed by atoms with E-state index < -0.39 is 22.0 Å². The summed E-state index contributed by atoms with van der Waals surface area (Å²) in [6.45, 7) is 7.43. The number of rotatable bonds is 10. The number of sulfonamides is 1. The van der Waals surface area contributed by atoms with Crippen molar-refractivity contribution in [1.82, 2.24) is 10.0 Å². The van der Waals surface area contributed by atoms with E-state index >= 15 is 0 Å². The molecule has 2 rings (SSSR count). The minimum absolute atomic E-state index is 0.00238. The summed E-state index contributed by atoms with van der Waals surface area (Å²) in [5.41, 5.74) is 2.35. The van der Waals surface area contributed by atoms with E-state index in [1.165, 1.54) is 38.1 Å². The molecule has 0 aromatic heterocycles. The molecule has 0 saturated carbocycles. The van der Waals surface area contributed by atoms with Crippen molar-refractivity contribution in [1.29, 1.82) is 0 Å². The summed E-state index contributed by atoms with van der Waals surface area (Å²) in [6, 6.07) is 12.3. The second-order valence-corrected chi connectivity index (χ2v) is 9.11. The van der Waals surface area contributed by atoms with E-state index in [0.29, 0.717) is 12.3 Å². The van der Waals surface area contributed by atoms with Gasteiger partial charge >= 0.3 is 0 Å². The largest absolute Gasteiger partial charge is 0.374 e. The maximum atomic E-state index is 12.6. The van der Waals surface area contributed by atoms with Gasteiger partial charge in [-0.15, -0.1) is 0 Å². The monoisotopic (exact) mass is 447 g/mol. The van der Waals surface area contributed by atoms with E-state index in [0.717, 1.165) is 11.1 Å². The van der Waals surface area contributed by atoms with Crippen LogP contribution in [0.1, 0.15) is 38.8 Å². The zero-order valence-electron chi connectivity index (χ0n) is 18.1. The lowest BCUT2D eigenvalue weighted by molar-refractivity contribution is -0.122. The molecule has 168 valence electrons. The Balaban J connectivity index is 1.97. The predicted molar refractivity (Wildman–Crippen MR) is 119 cm³/mol. The van der Waals surface area contributed by atoms with E-state index in [9.17, 15) is 18.0 Å². The summed E-state index contributed by atoms with van der Waals surface area (Å²) in [7, 11) is -3.90. The molecule has 2 amide bonds. The molecule has 0 fully saturated rings. The number of carbonyl (C=O) groups is 2. The highest BCUT2D eigenvalue weighted by Gasteiger charge is 2.22. The van der Waals surface area contributed by atoms with Crippen LogP contribution in [0.15, 0.2) is 53.4 Å². The van der Waals surface area contributed by atoms with Crippen molar-refractivity contribution in [2.24, 2.45) is 0 Å². The smallest absolute Gasteiger partial charge is 0.241 e. The first kappa shape index (κ1) is 24.5. The zero-order valence-corrected chi connectivity index (χ0v) is 19.0. The molecular weight excluding hydrogens is 418 g/mol. The number of nitrogens with one attached hydrogen (secondary N) is 3. The van der Waals surface area contributed by atoms with E-state index in [1.54, 1.807) is 0 Å². The number of ether oxygens (including phenoxy) is 1. The third-order valence-electron chi connectivity index (χ3n) is 4.35. The van der Waals surface area contributed by atoms with Crippen LogP contribution in [0.3, 0.4) is 0 Å². The Morgan fingerprint density at radius 3 is 2.16 bits per heavy atom. The van der Waals surface area contributed by atoms with Crippen LogP contribution in [0.4, 0.5) is 5.69 Å². The van der Waals surface area contributed by atoms with Crippen LogP contribution in [0.25, 0.3) is 0 Å². The van der Waals surface area contributed by atoms with Gasteiger partial charge in [-0.2, -0.15) is 4.72 Å². The molecule has 0 aliphatic rings. The van der Waals surface area contributed by atoms with Crippen LogP contribution in [0.5, 0.6) is 0 Å². The minimum atomic E-state index is -3.90. The average molecular weight is 448 g/mol. The molecule has 31 heavy (non-hydrogen) atoms. The average Bonchev–Trinajstić information content (AvgIpc) is 2.70. The predicted octanol–water partition coefficient (Wildman–Crippen LogP) is 2.55. The number of benzene rings is 2. The van der Waals surface area contributed by atoms with Crippen molar-refractivity contribution in [2.45, 2.75) is 57.9 Å². The van der Waals surface area contributed by atoms with Gasteiger partial charge in [0, 0.05) is 19.2 Å². The summed E-state index contributed by atoms with van der Waals surface area (Å²) in [5.74, 6) is -0.700. The lowest BCUT2D eigenvalue weighted by Crippen LogP contribution is -2.44. The number of hydrogen-bond acceptors (Lipinski definition) is 5. The summed E-state index contributed by atoms with van der Waals surface area (Å²) in [5, 5.41) is 5.33. The van der Waals surface area contributed by atoms with E-state index in [-0.39, 0.29) is 23.5 Å². The topological polar surface area (TPSA) is 114 Å². The second kappa shape index (κ2) is 11.0. The van der Waals surface area contributed by atoms with Crippen LogP contribution in [-0.4, -0.2) is 32.4 Å². The Bertz CT molecular complexity index is 1000. The highest BCUT2D eigenvalue weighted by Crippen LogP contribution is 2.15. The fourth-order valence-corrected chi connectivity index (χ4v) is 3.94. The number of anilines is 1. The van der Waals surface area contributed by atoms with Gasteiger partial charge in [-0.1, -0.05) is 24.3 Å². The summed E-state index contributed by atoms with van der Waals surface area (Å²) in [6.07, 6.45) is 0.0874. The van der Waals surface area contributed by atoms with Gasteiger partial charge in [-0.3, -0.25) is 9.59 Å². The Morgan fingerprint density at radius 1 is 0.968 bits per heavy atom. The molecule has 0 spiro atoms. The van der Waals surface area contributed by atoms with Gasteiger partial charge in [-0.05, 0) is 56.2 Å². The summed E-state index contributed by atoms with van der Waals surface area (Å²) in [4.78, 5) is 23.5. The lowest BCUT2D eigenvalue weighted by Gasteiger charge is -2.16. The van der Waals surface area contributed by atoms with Crippen molar-refractivity contribution >= 4 is 27.5 Å². The zero-order chi connectivity index (χ0) is 23.0. The first-order valence-electron chi connectivity index (χ1n) is 9.94. The number of carbonyl (C=O) groups excluding carboxylic acids is 2. The van der Waals surface area contributed by atoms with Crippen molar-refractivity contribution in [3.05, 3.63) is 59.7 Å². The fraction of sp³-hybridized carbons (Fsp3) is 0.364. The second-order valence-electron chi connectivity index (χ2n) is 7.39. The quantitative estimate of drug-likeness (QED) is 0.518. The lowest BCUT2D eigenvalue weighted by atomic mass is 10.1. The highest BCUT2D eigenvalue weighted by atomic mass is 32.2. The molecule has 0 heterocycles. The molecule has 0 aliphatic heterocycles. The van der Waals surface area contributed by atoms with Crippen LogP contribution in [0, 0.1) is 0 Å². The van der Waals surface area contributed by atoms with Gasteiger partial charge in [0.2, 0.25) is 21.8 Å². The van der Waals surface area contributed by atoms with Gasteiger partial charge in [0.25, 0.3) is 0 Å². The van der Waals surface area contributed by atoms with Crippen molar-refractivity contribution < 1.29 is 22.7 Å². The Hall–Kier alpha value is -2.75. The Kier molecular flexibility index (Phi) is 8.73. The maximum absolute atomic E-state index is 12.6. The first-order valence-corrected chi connectivity index (χ1v) is 11.4. The van der Waals surface area contributed by atoms with Gasteiger partial charge in [0.05, 0.1) is 23.6 Å². The molecule has 2 aromatic rings. The minimum Gasteiger partial charge on any atom is -0.374 e.